The second-order valence-electron chi connectivity index (χ2n) is 5.90. The van der Waals surface area contributed by atoms with E-state index < -0.39 is 11.6 Å². The summed E-state index contributed by atoms with van der Waals surface area (Å²) in [6.45, 7) is 1.47. The Kier molecular flexibility index (Phi) is 5.63. The molecule has 0 saturated carbocycles. The van der Waals surface area contributed by atoms with Gasteiger partial charge in [0.05, 0.1) is 0 Å². The smallest absolute Gasteiger partial charge is 0.276 e. The number of benzene rings is 2. The quantitative estimate of drug-likeness (QED) is 0.752. The molecule has 1 aliphatic rings. The normalized spacial score (nSPS) is 13.2. The fraction of sp³-hybridized carbons (Fsp3) is 0.200. The number of carbonyl (C=O) groups is 1. The zero-order valence-corrected chi connectivity index (χ0v) is 14.1. The van der Waals surface area contributed by atoms with Gasteiger partial charge in [0.1, 0.15) is 0 Å². The number of likely N-dealkylation sites (tertiary alicyclic amines) is 1. The molecular formula is C20H19FN2O3. The van der Waals surface area contributed by atoms with E-state index in [0.29, 0.717) is 11.3 Å². The van der Waals surface area contributed by atoms with Gasteiger partial charge in [0.25, 0.3) is 5.91 Å². The summed E-state index contributed by atoms with van der Waals surface area (Å²) in [7, 11) is 0. The summed E-state index contributed by atoms with van der Waals surface area (Å²) in [4.78, 5) is 13.8. The van der Waals surface area contributed by atoms with Crippen LogP contribution in [0.1, 0.15) is 23.3 Å². The van der Waals surface area contributed by atoms with Gasteiger partial charge in [-0.25, -0.2) is 4.39 Å². The molecule has 2 heterocycles. The first kappa shape index (κ1) is 17.7. The van der Waals surface area contributed by atoms with E-state index in [1.165, 1.54) is 18.2 Å². The second kappa shape index (κ2) is 8.29. The van der Waals surface area contributed by atoms with E-state index in [-0.39, 0.29) is 11.6 Å². The minimum atomic E-state index is -0.707. The largest absolute Gasteiger partial charge is 0.505 e. The molecule has 3 aromatic rings. The number of phenols is 1. The third kappa shape index (κ3) is 4.27. The summed E-state index contributed by atoms with van der Waals surface area (Å²) in [5, 5.41) is 13.1. The standard InChI is InChI=1S/C14H13FN2O3.C6H6/c15-10-4-3-9(7-12(10)18)13-8-11(16-20-13)14(19)17-5-1-2-6-17;1-2-4-6-5-3-1/h3-4,7-8,18H,1-2,5-6H2;1-6H. The molecule has 4 rings (SSSR count). The Morgan fingerprint density at radius 3 is 2.23 bits per heavy atom. The number of amides is 1. The van der Waals surface area contributed by atoms with Crippen LogP contribution in [0.15, 0.2) is 65.2 Å². The number of aromatic nitrogens is 1. The van der Waals surface area contributed by atoms with Crippen LogP contribution in [0.4, 0.5) is 4.39 Å². The Bertz CT molecular complexity index is 832. The van der Waals surface area contributed by atoms with Crippen LogP contribution in [0.25, 0.3) is 11.3 Å². The highest BCUT2D eigenvalue weighted by Crippen LogP contribution is 2.26. The monoisotopic (exact) mass is 354 g/mol. The highest BCUT2D eigenvalue weighted by atomic mass is 19.1. The van der Waals surface area contributed by atoms with E-state index in [9.17, 15) is 14.3 Å². The van der Waals surface area contributed by atoms with Crippen LogP contribution >= 0.6 is 0 Å². The van der Waals surface area contributed by atoms with Gasteiger partial charge in [-0.05, 0) is 31.0 Å². The van der Waals surface area contributed by atoms with E-state index in [2.05, 4.69) is 5.16 Å². The number of halogens is 1. The average Bonchev–Trinajstić information content (AvgIpc) is 3.38. The molecule has 0 aliphatic carbocycles. The molecule has 0 spiro atoms. The molecule has 1 amide bonds. The van der Waals surface area contributed by atoms with Crippen molar-refractivity contribution in [3.63, 3.8) is 0 Å². The Morgan fingerprint density at radius 1 is 1.04 bits per heavy atom. The van der Waals surface area contributed by atoms with E-state index in [1.54, 1.807) is 4.90 Å². The van der Waals surface area contributed by atoms with Crippen molar-refractivity contribution < 1.29 is 18.8 Å². The van der Waals surface area contributed by atoms with Crippen molar-refractivity contribution in [1.29, 1.82) is 0 Å². The molecule has 1 N–H and O–H groups in total. The number of rotatable bonds is 2. The third-order valence-corrected chi connectivity index (χ3v) is 4.02. The molecule has 6 heteroatoms. The summed E-state index contributed by atoms with van der Waals surface area (Å²) in [6.07, 6.45) is 2.00. The number of carbonyl (C=O) groups excluding carboxylic acids is 1. The molecule has 134 valence electrons. The first-order chi connectivity index (χ1) is 12.6. The average molecular weight is 354 g/mol. The van der Waals surface area contributed by atoms with Gasteiger partial charge in [0, 0.05) is 24.7 Å². The summed E-state index contributed by atoms with van der Waals surface area (Å²) in [6, 6.07) is 17.3. The lowest BCUT2D eigenvalue weighted by Crippen LogP contribution is -2.27. The van der Waals surface area contributed by atoms with Gasteiger partial charge < -0.3 is 14.5 Å². The molecule has 0 atom stereocenters. The molecule has 1 aromatic heterocycles. The Hall–Kier alpha value is -3.15. The van der Waals surface area contributed by atoms with Crippen LogP contribution in [0.5, 0.6) is 5.75 Å². The molecule has 0 unspecified atom stereocenters. The van der Waals surface area contributed by atoms with Crippen molar-refractivity contribution in [3.8, 4) is 17.1 Å². The highest BCUT2D eigenvalue weighted by molar-refractivity contribution is 5.93. The molecule has 1 aliphatic heterocycles. The lowest BCUT2D eigenvalue weighted by atomic mass is 10.1. The van der Waals surface area contributed by atoms with Crippen molar-refractivity contribution in [2.24, 2.45) is 0 Å². The van der Waals surface area contributed by atoms with Crippen molar-refractivity contribution in [2.45, 2.75) is 12.8 Å². The Labute approximate surface area is 150 Å². The number of hydrogen-bond acceptors (Lipinski definition) is 4. The summed E-state index contributed by atoms with van der Waals surface area (Å²) < 4.78 is 18.1. The molecule has 2 aromatic carbocycles. The van der Waals surface area contributed by atoms with Crippen molar-refractivity contribution in [2.75, 3.05) is 13.1 Å². The number of phenolic OH excluding ortho intramolecular Hbond substituents is 1. The van der Waals surface area contributed by atoms with Crippen LogP contribution in [0, 0.1) is 5.82 Å². The van der Waals surface area contributed by atoms with E-state index in [4.69, 9.17) is 4.52 Å². The minimum absolute atomic E-state index is 0.163. The molecule has 1 fully saturated rings. The van der Waals surface area contributed by atoms with Crippen molar-refractivity contribution >= 4 is 5.91 Å². The highest BCUT2D eigenvalue weighted by Gasteiger charge is 2.23. The van der Waals surface area contributed by atoms with Crippen LogP contribution < -0.4 is 0 Å². The van der Waals surface area contributed by atoms with Crippen molar-refractivity contribution in [1.82, 2.24) is 10.1 Å². The first-order valence-corrected chi connectivity index (χ1v) is 8.40. The molecule has 0 radical (unpaired) electrons. The SMILES string of the molecule is O=C(c1cc(-c2ccc(F)c(O)c2)on1)N1CCCC1.c1ccccc1. The second-order valence-corrected chi connectivity index (χ2v) is 5.90. The maximum absolute atomic E-state index is 13.0. The summed E-state index contributed by atoms with van der Waals surface area (Å²) in [5.74, 6) is -1.01. The molecule has 5 nitrogen and oxygen atoms in total. The predicted octanol–water partition coefficient (Wildman–Crippen LogP) is 4.11. The van der Waals surface area contributed by atoms with Gasteiger partial charge in [-0.2, -0.15) is 0 Å². The van der Waals surface area contributed by atoms with Gasteiger partial charge in [-0.15, -0.1) is 0 Å². The fourth-order valence-electron chi connectivity index (χ4n) is 2.65. The summed E-state index contributed by atoms with van der Waals surface area (Å²) >= 11 is 0. The molecular weight excluding hydrogens is 335 g/mol. The molecule has 26 heavy (non-hydrogen) atoms. The first-order valence-electron chi connectivity index (χ1n) is 8.40. The van der Waals surface area contributed by atoms with E-state index in [0.717, 1.165) is 32.0 Å². The van der Waals surface area contributed by atoms with Crippen LogP contribution in [0.3, 0.4) is 0 Å². The zero-order valence-electron chi connectivity index (χ0n) is 14.1. The number of hydrogen-bond donors (Lipinski definition) is 1. The maximum Gasteiger partial charge on any atom is 0.276 e. The van der Waals surface area contributed by atoms with Gasteiger partial charge in [0.15, 0.2) is 23.0 Å². The minimum Gasteiger partial charge on any atom is -0.505 e. The molecule has 1 saturated heterocycles. The van der Waals surface area contributed by atoms with Gasteiger partial charge in [0.2, 0.25) is 0 Å². The number of nitrogens with zero attached hydrogens (tertiary/aromatic N) is 2. The van der Waals surface area contributed by atoms with Gasteiger partial charge in [-0.1, -0.05) is 41.6 Å². The van der Waals surface area contributed by atoms with E-state index >= 15 is 0 Å². The van der Waals surface area contributed by atoms with Gasteiger partial charge in [-0.3, -0.25) is 4.79 Å². The zero-order chi connectivity index (χ0) is 18.4. The number of aromatic hydroxyl groups is 1. The maximum atomic E-state index is 13.0. The van der Waals surface area contributed by atoms with Crippen LogP contribution in [-0.2, 0) is 0 Å². The topological polar surface area (TPSA) is 66.6 Å². The predicted molar refractivity (Wildman–Crippen MR) is 95.1 cm³/mol. The van der Waals surface area contributed by atoms with Gasteiger partial charge >= 0.3 is 0 Å². The van der Waals surface area contributed by atoms with Crippen LogP contribution in [0.2, 0.25) is 0 Å². The van der Waals surface area contributed by atoms with E-state index in [1.807, 2.05) is 36.4 Å². The lowest BCUT2D eigenvalue weighted by Gasteiger charge is -2.12. The van der Waals surface area contributed by atoms with Crippen LogP contribution in [-0.4, -0.2) is 34.2 Å². The Balaban J connectivity index is 0.000000278. The van der Waals surface area contributed by atoms with Crippen molar-refractivity contribution in [3.05, 3.63) is 72.2 Å². The fourth-order valence-corrected chi connectivity index (χ4v) is 2.65. The molecule has 0 bridgehead atoms. The lowest BCUT2D eigenvalue weighted by molar-refractivity contribution is 0.0782. The Morgan fingerprint density at radius 2 is 1.65 bits per heavy atom. The summed E-state index contributed by atoms with van der Waals surface area (Å²) in [5.41, 5.74) is 0.697. The third-order valence-electron chi connectivity index (χ3n) is 4.02.